The van der Waals surface area contributed by atoms with Crippen LogP contribution in [-0.4, -0.2) is 16.2 Å². The Hall–Kier alpha value is -1.49. The summed E-state index contributed by atoms with van der Waals surface area (Å²) >= 11 is 0. The van der Waals surface area contributed by atoms with Gasteiger partial charge in [0.15, 0.2) is 0 Å². The smallest absolute Gasteiger partial charge is 0.872 e. The Morgan fingerprint density at radius 2 is 1.63 bits per heavy atom. The Labute approximate surface area is 133 Å². The molecule has 4 nitrogen and oxygen atoms in total. The van der Waals surface area contributed by atoms with Crippen LogP contribution >= 0.6 is 0 Å². The quantitative estimate of drug-likeness (QED) is 0.661. The molecular formula is C14H13NaO4. The zero-order valence-corrected chi connectivity index (χ0v) is 12.8. The SMILES string of the molecule is Cc1c(O)cccc1C(=O)O.[Na+].[O-]c1ccccc1. The van der Waals surface area contributed by atoms with Gasteiger partial charge in [0, 0.05) is 5.56 Å². The van der Waals surface area contributed by atoms with Crippen LogP contribution in [0.5, 0.6) is 11.5 Å². The molecule has 0 aliphatic heterocycles. The molecule has 0 unspecified atom stereocenters. The summed E-state index contributed by atoms with van der Waals surface area (Å²) in [4.78, 5) is 10.5. The summed E-state index contributed by atoms with van der Waals surface area (Å²) in [5.74, 6) is -0.925. The molecule has 2 N–H and O–H groups in total. The summed E-state index contributed by atoms with van der Waals surface area (Å²) in [5, 5.41) is 27.9. The molecule has 5 heteroatoms. The van der Waals surface area contributed by atoms with Gasteiger partial charge in [0.2, 0.25) is 0 Å². The van der Waals surface area contributed by atoms with Crippen molar-refractivity contribution >= 4 is 5.97 Å². The summed E-state index contributed by atoms with van der Waals surface area (Å²) in [6.45, 7) is 1.57. The van der Waals surface area contributed by atoms with E-state index in [0.717, 1.165) is 0 Å². The second-order valence-electron chi connectivity index (χ2n) is 3.57. The minimum Gasteiger partial charge on any atom is -0.872 e. The van der Waals surface area contributed by atoms with Crippen molar-refractivity contribution in [3.8, 4) is 11.5 Å². The van der Waals surface area contributed by atoms with E-state index in [2.05, 4.69) is 0 Å². The van der Waals surface area contributed by atoms with E-state index in [-0.39, 0.29) is 46.6 Å². The number of hydrogen-bond acceptors (Lipinski definition) is 3. The number of benzene rings is 2. The first-order chi connectivity index (χ1) is 8.52. The molecular weight excluding hydrogens is 255 g/mol. The van der Waals surface area contributed by atoms with E-state index in [1.54, 1.807) is 19.1 Å². The van der Waals surface area contributed by atoms with E-state index in [9.17, 15) is 9.90 Å². The molecule has 2 aromatic carbocycles. The zero-order chi connectivity index (χ0) is 13.5. The van der Waals surface area contributed by atoms with Gasteiger partial charge in [-0.25, -0.2) is 4.79 Å². The maximum absolute atomic E-state index is 10.5. The first-order valence-electron chi connectivity index (χ1n) is 5.26. The van der Waals surface area contributed by atoms with Crippen LogP contribution in [0.25, 0.3) is 0 Å². The predicted octanol–water partition coefficient (Wildman–Crippen LogP) is -0.837. The normalized spacial score (nSPS) is 8.68. The molecule has 0 aliphatic rings. The van der Waals surface area contributed by atoms with Crippen LogP contribution in [0, 0.1) is 6.92 Å². The Morgan fingerprint density at radius 1 is 1.05 bits per heavy atom. The van der Waals surface area contributed by atoms with Gasteiger partial charge < -0.3 is 15.3 Å². The summed E-state index contributed by atoms with van der Waals surface area (Å²) in [7, 11) is 0. The molecule has 0 aromatic heterocycles. The van der Waals surface area contributed by atoms with Gasteiger partial charge in [-0.1, -0.05) is 36.4 Å². The van der Waals surface area contributed by atoms with Crippen molar-refractivity contribution in [1.82, 2.24) is 0 Å². The molecule has 0 fully saturated rings. The Morgan fingerprint density at radius 3 is 2.00 bits per heavy atom. The third-order valence-electron chi connectivity index (χ3n) is 2.28. The van der Waals surface area contributed by atoms with E-state index in [1.807, 2.05) is 6.07 Å². The minimum atomic E-state index is -1.02. The van der Waals surface area contributed by atoms with E-state index < -0.39 is 5.97 Å². The predicted molar refractivity (Wildman–Crippen MR) is 65.7 cm³/mol. The fraction of sp³-hybridized carbons (Fsp3) is 0.0714. The fourth-order valence-corrected chi connectivity index (χ4v) is 1.28. The van der Waals surface area contributed by atoms with Gasteiger partial charge in [-0.15, -0.1) is 5.75 Å². The number of carbonyl (C=O) groups is 1. The van der Waals surface area contributed by atoms with E-state index >= 15 is 0 Å². The molecule has 0 radical (unpaired) electrons. The summed E-state index contributed by atoms with van der Waals surface area (Å²) in [6, 6.07) is 12.7. The number of rotatable bonds is 1. The van der Waals surface area contributed by atoms with Crippen LogP contribution in [0.15, 0.2) is 48.5 Å². The van der Waals surface area contributed by atoms with Crippen molar-refractivity contribution in [3.05, 3.63) is 59.7 Å². The van der Waals surface area contributed by atoms with Gasteiger partial charge in [-0.2, -0.15) is 0 Å². The monoisotopic (exact) mass is 268 g/mol. The second kappa shape index (κ2) is 8.58. The number of para-hydroxylation sites is 1. The molecule has 0 aliphatic carbocycles. The third-order valence-corrected chi connectivity index (χ3v) is 2.28. The van der Waals surface area contributed by atoms with Crippen LogP contribution in [0.1, 0.15) is 15.9 Å². The average molecular weight is 268 g/mol. The van der Waals surface area contributed by atoms with Gasteiger partial charge >= 0.3 is 35.5 Å². The standard InChI is InChI=1S/C8H8O3.C6H6O.Na/c1-5-6(8(10)11)3-2-4-7(5)9;7-6-4-2-1-3-5-6;/h2-4,9H,1H3,(H,10,11);1-5,7H;/q;;+1/p-1. The summed E-state index contributed by atoms with van der Waals surface area (Å²) < 4.78 is 0. The molecule has 0 heterocycles. The van der Waals surface area contributed by atoms with Crippen LogP contribution in [0.2, 0.25) is 0 Å². The summed E-state index contributed by atoms with van der Waals surface area (Å²) in [5.41, 5.74) is 0.546. The Bertz CT molecular complexity index is 526. The number of carboxylic acid groups (broad SMARTS) is 1. The Balaban J connectivity index is 0.000000352. The van der Waals surface area contributed by atoms with E-state index in [0.29, 0.717) is 5.56 Å². The first kappa shape index (κ1) is 17.5. The Kier molecular flexibility index (Phi) is 7.91. The molecule has 0 atom stereocenters. The first-order valence-corrected chi connectivity index (χ1v) is 5.26. The summed E-state index contributed by atoms with van der Waals surface area (Å²) in [6.07, 6.45) is 0. The molecule has 94 valence electrons. The van der Waals surface area contributed by atoms with Gasteiger partial charge in [-0.05, 0) is 19.1 Å². The maximum Gasteiger partial charge on any atom is 1.00 e. The molecule has 0 spiro atoms. The van der Waals surface area contributed by atoms with Crippen LogP contribution < -0.4 is 34.7 Å². The largest absolute Gasteiger partial charge is 1.00 e. The van der Waals surface area contributed by atoms with Gasteiger partial charge in [0.1, 0.15) is 5.75 Å². The van der Waals surface area contributed by atoms with Gasteiger partial charge in [0.25, 0.3) is 0 Å². The van der Waals surface area contributed by atoms with Crippen molar-refractivity contribution in [2.24, 2.45) is 0 Å². The van der Waals surface area contributed by atoms with Crippen molar-refractivity contribution in [2.75, 3.05) is 0 Å². The molecule has 0 amide bonds. The van der Waals surface area contributed by atoms with Crippen LogP contribution in [0.4, 0.5) is 0 Å². The van der Waals surface area contributed by atoms with Crippen LogP contribution in [-0.2, 0) is 0 Å². The number of aromatic hydroxyl groups is 1. The molecule has 0 saturated heterocycles. The number of carboxylic acids is 1. The topological polar surface area (TPSA) is 80.6 Å². The van der Waals surface area contributed by atoms with E-state index in [4.69, 9.17) is 10.2 Å². The number of aromatic carboxylic acids is 1. The average Bonchev–Trinajstić information content (AvgIpc) is 2.34. The zero-order valence-electron chi connectivity index (χ0n) is 10.8. The number of phenols is 1. The van der Waals surface area contributed by atoms with E-state index in [1.165, 1.54) is 30.3 Å². The molecule has 0 bridgehead atoms. The third kappa shape index (κ3) is 5.79. The second-order valence-corrected chi connectivity index (χ2v) is 3.57. The molecule has 0 saturated carbocycles. The molecule has 2 rings (SSSR count). The van der Waals surface area contributed by atoms with Crippen molar-refractivity contribution in [1.29, 1.82) is 0 Å². The van der Waals surface area contributed by atoms with Gasteiger partial charge in [0.05, 0.1) is 5.56 Å². The van der Waals surface area contributed by atoms with Crippen molar-refractivity contribution in [2.45, 2.75) is 6.92 Å². The molecule has 19 heavy (non-hydrogen) atoms. The minimum absolute atomic E-state index is 0. The fourth-order valence-electron chi connectivity index (χ4n) is 1.28. The van der Waals surface area contributed by atoms with Crippen LogP contribution in [0.3, 0.4) is 0 Å². The molecule has 2 aromatic rings. The van der Waals surface area contributed by atoms with Gasteiger partial charge in [-0.3, -0.25) is 0 Å². The number of phenolic OH excluding ortho intramolecular Hbond substituents is 1. The maximum atomic E-state index is 10.5. The van der Waals surface area contributed by atoms with Crippen molar-refractivity contribution in [3.63, 3.8) is 0 Å². The number of hydrogen-bond donors (Lipinski definition) is 2. The van der Waals surface area contributed by atoms with Crippen molar-refractivity contribution < 1.29 is 49.7 Å².